The summed E-state index contributed by atoms with van der Waals surface area (Å²) < 4.78 is 34.2. The summed E-state index contributed by atoms with van der Waals surface area (Å²) >= 11 is 0. The minimum atomic E-state index is -4.63. The van der Waals surface area contributed by atoms with Gasteiger partial charge in [-0.3, -0.25) is 14.2 Å². The highest BCUT2D eigenvalue weighted by Gasteiger charge is 2.22. The lowest BCUT2D eigenvalue weighted by Gasteiger charge is -2.28. The van der Waals surface area contributed by atoms with Gasteiger partial charge in [-0.25, -0.2) is 0 Å². The van der Waals surface area contributed by atoms with E-state index in [9.17, 15) is 19.0 Å². The fraction of sp³-hybridized carbons (Fsp3) is 0.902. The molecule has 0 aliphatic heterocycles. The predicted molar refractivity (Wildman–Crippen MR) is 301 cm³/mol. The number of likely N-dealkylation sites (N-methyl/N-ethyl adjacent to an activating group) is 1. The number of carbonyl (C=O) groups is 2. The fourth-order valence-electron chi connectivity index (χ4n) is 8.98. The van der Waals surface area contributed by atoms with Crippen LogP contribution in [0.5, 0.6) is 0 Å². The maximum absolute atomic E-state index is 12.8. The van der Waals surface area contributed by atoms with Crippen molar-refractivity contribution in [3.8, 4) is 0 Å². The molecule has 9 nitrogen and oxygen atoms in total. The Morgan fingerprint density at radius 1 is 0.437 bits per heavy atom. The second-order valence-electron chi connectivity index (χ2n) is 22.1. The molecular weight excluding hydrogens is 906 g/mol. The first-order valence-electron chi connectivity index (χ1n) is 30.5. The van der Waals surface area contributed by atoms with Gasteiger partial charge < -0.3 is 27.9 Å². The van der Waals surface area contributed by atoms with Crippen molar-refractivity contribution in [1.82, 2.24) is 0 Å². The van der Waals surface area contributed by atoms with Gasteiger partial charge in [0.25, 0.3) is 7.82 Å². The van der Waals surface area contributed by atoms with Gasteiger partial charge in [0.15, 0.2) is 6.10 Å². The van der Waals surface area contributed by atoms with E-state index in [0.717, 1.165) is 44.9 Å². The first-order chi connectivity index (χ1) is 34.5. The number of quaternary nitrogens is 1. The van der Waals surface area contributed by atoms with Gasteiger partial charge in [0.05, 0.1) is 27.7 Å². The van der Waals surface area contributed by atoms with Crippen LogP contribution < -0.4 is 4.89 Å². The molecule has 0 aromatic heterocycles. The maximum atomic E-state index is 12.8. The van der Waals surface area contributed by atoms with Gasteiger partial charge in [-0.2, -0.15) is 0 Å². The molecule has 0 heterocycles. The van der Waals surface area contributed by atoms with E-state index >= 15 is 0 Å². The number of allylic oxidation sites excluding steroid dienone is 4. The Labute approximate surface area is 440 Å². The van der Waals surface area contributed by atoms with Crippen molar-refractivity contribution in [3.05, 3.63) is 24.3 Å². The number of rotatable bonds is 57. The lowest BCUT2D eigenvalue weighted by atomic mass is 10.0. The van der Waals surface area contributed by atoms with Crippen LogP contribution in [0.2, 0.25) is 0 Å². The highest BCUT2D eigenvalue weighted by molar-refractivity contribution is 7.45. The van der Waals surface area contributed by atoms with Crippen LogP contribution in [0.1, 0.15) is 303 Å². The van der Waals surface area contributed by atoms with Crippen LogP contribution >= 0.6 is 7.82 Å². The third-order valence-electron chi connectivity index (χ3n) is 13.7. The maximum Gasteiger partial charge on any atom is 0.306 e. The number of carbonyl (C=O) groups excluding carboxylic acids is 2. The van der Waals surface area contributed by atoms with E-state index < -0.39 is 26.5 Å². The average Bonchev–Trinajstić information content (AvgIpc) is 3.33. The SMILES string of the molecule is CCCCCCC/C=C\C/C=C\CCCCCCCCCCCCCC(=O)OC(COC(=O)CCCCCCCCCCCCCCCCCCCCCCCCCC)COP(=O)([O-])OCC[N+](C)(C)C. The normalized spacial score (nSPS) is 13.4. The third kappa shape index (κ3) is 57.6. The molecule has 0 aromatic rings. The molecule has 0 aliphatic carbocycles. The van der Waals surface area contributed by atoms with E-state index in [-0.39, 0.29) is 32.0 Å². The number of hydrogen-bond donors (Lipinski definition) is 0. The van der Waals surface area contributed by atoms with Crippen molar-refractivity contribution < 1.29 is 42.1 Å². The second-order valence-corrected chi connectivity index (χ2v) is 23.5. The summed E-state index contributed by atoms with van der Waals surface area (Å²) in [5.41, 5.74) is 0. The zero-order valence-corrected chi connectivity index (χ0v) is 48.6. The molecule has 0 amide bonds. The molecule has 0 rings (SSSR count). The summed E-state index contributed by atoms with van der Waals surface area (Å²) in [7, 11) is 1.18. The zero-order valence-electron chi connectivity index (χ0n) is 47.7. The molecular formula is C61H118NO8P. The largest absolute Gasteiger partial charge is 0.756 e. The van der Waals surface area contributed by atoms with Gasteiger partial charge in [0.1, 0.15) is 19.8 Å². The lowest BCUT2D eigenvalue weighted by Crippen LogP contribution is -2.37. The molecule has 0 saturated carbocycles. The topological polar surface area (TPSA) is 111 Å². The molecule has 0 aromatic carbocycles. The van der Waals surface area contributed by atoms with Gasteiger partial charge in [-0.15, -0.1) is 0 Å². The molecule has 2 unspecified atom stereocenters. The van der Waals surface area contributed by atoms with E-state index in [4.69, 9.17) is 18.5 Å². The monoisotopic (exact) mass is 1020 g/mol. The third-order valence-corrected chi connectivity index (χ3v) is 14.7. The van der Waals surface area contributed by atoms with E-state index in [1.54, 1.807) is 0 Å². The Balaban J connectivity index is 4.10. The van der Waals surface area contributed by atoms with Gasteiger partial charge in [-0.1, -0.05) is 269 Å². The Bertz CT molecular complexity index is 1250. The Kier molecular flexibility index (Phi) is 52.2. The highest BCUT2D eigenvalue weighted by Crippen LogP contribution is 2.38. The van der Waals surface area contributed by atoms with Crippen LogP contribution in [-0.4, -0.2) is 70.0 Å². The number of phosphoric ester groups is 1. The molecule has 420 valence electrons. The summed E-state index contributed by atoms with van der Waals surface area (Å²) in [5, 5.41) is 0. The summed E-state index contributed by atoms with van der Waals surface area (Å²) in [6.07, 6.45) is 63.7. The molecule has 0 bridgehead atoms. The minimum absolute atomic E-state index is 0.0285. The average molecular weight is 1020 g/mol. The van der Waals surface area contributed by atoms with Gasteiger partial charge in [-0.05, 0) is 44.9 Å². The predicted octanol–water partition coefficient (Wildman–Crippen LogP) is 18.4. The van der Waals surface area contributed by atoms with Crippen molar-refractivity contribution in [3.63, 3.8) is 0 Å². The van der Waals surface area contributed by atoms with Gasteiger partial charge in [0.2, 0.25) is 0 Å². The molecule has 0 saturated heterocycles. The molecule has 0 aliphatic rings. The molecule has 0 radical (unpaired) electrons. The van der Waals surface area contributed by atoms with Crippen LogP contribution in [-0.2, 0) is 32.7 Å². The van der Waals surface area contributed by atoms with Crippen LogP contribution in [0.3, 0.4) is 0 Å². The number of esters is 2. The number of nitrogens with zero attached hydrogens (tertiary/aromatic N) is 1. The second kappa shape index (κ2) is 53.3. The number of phosphoric acid groups is 1. The van der Waals surface area contributed by atoms with Crippen LogP contribution in [0.4, 0.5) is 0 Å². The Hall–Kier alpha value is -1.51. The minimum Gasteiger partial charge on any atom is -0.756 e. The number of unbranched alkanes of at least 4 members (excludes halogenated alkanes) is 39. The summed E-state index contributed by atoms with van der Waals surface area (Å²) in [6.45, 7) is 4.29. The number of hydrogen-bond acceptors (Lipinski definition) is 8. The molecule has 0 N–H and O–H groups in total. The van der Waals surface area contributed by atoms with Crippen LogP contribution in [0.15, 0.2) is 24.3 Å². The summed E-state index contributed by atoms with van der Waals surface area (Å²) in [5.74, 6) is -0.818. The van der Waals surface area contributed by atoms with E-state index in [0.29, 0.717) is 17.4 Å². The van der Waals surface area contributed by atoms with Crippen LogP contribution in [0, 0.1) is 0 Å². The quantitative estimate of drug-likeness (QED) is 0.0195. The smallest absolute Gasteiger partial charge is 0.306 e. The van der Waals surface area contributed by atoms with Crippen molar-refractivity contribution >= 4 is 19.8 Å². The first kappa shape index (κ1) is 69.5. The summed E-state index contributed by atoms with van der Waals surface area (Å²) in [6, 6.07) is 0. The van der Waals surface area contributed by atoms with Gasteiger partial charge >= 0.3 is 11.9 Å². The molecule has 0 fully saturated rings. The molecule has 71 heavy (non-hydrogen) atoms. The molecule has 2 atom stereocenters. The molecule has 0 spiro atoms. The van der Waals surface area contributed by atoms with E-state index in [1.807, 2.05) is 21.1 Å². The lowest BCUT2D eigenvalue weighted by molar-refractivity contribution is -0.870. The summed E-state index contributed by atoms with van der Waals surface area (Å²) in [4.78, 5) is 37.9. The Morgan fingerprint density at radius 3 is 1.11 bits per heavy atom. The zero-order chi connectivity index (χ0) is 52.0. The highest BCUT2D eigenvalue weighted by atomic mass is 31.2. The standard InChI is InChI=1S/C61H118NO8P/c1-6-8-10-12-14-16-18-20-22-24-26-28-30-32-33-35-37-39-41-43-45-47-49-51-53-60(63)67-57-59(58-69-71(65,66)68-56-55-62(3,4)5)70-61(64)54-52-50-48-46-44-42-40-38-36-34-31-29-27-25-23-21-19-17-15-13-11-9-7-2/h19,21,25,27,59H,6-18,20,22-24,26,28-58H2,1-5H3/b21-19-,27-25-. The van der Waals surface area contributed by atoms with Crippen LogP contribution in [0.25, 0.3) is 0 Å². The Morgan fingerprint density at radius 2 is 0.761 bits per heavy atom. The van der Waals surface area contributed by atoms with Gasteiger partial charge in [0, 0.05) is 12.8 Å². The van der Waals surface area contributed by atoms with Crippen molar-refractivity contribution in [2.24, 2.45) is 0 Å². The van der Waals surface area contributed by atoms with E-state index in [2.05, 4.69) is 38.2 Å². The number of ether oxygens (including phenoxy) is 2. The van der Waals surface area contributed by atoms with Crippen molar-refractivity contribution in [2.75, 3.05) is 47.5 Å². The fourth-order valence-corrected chi connectivity index (χ4v) is 9.71. The first-order valence-corrected chi connectivity index (χ1v) is 32.0. The van der Waals surface area contributed by atoms with E-state index in [1.165, 1.54) is 225 Å². The van der Waals surface area contributed by atoms with Crippen molar-refractivity contribution in [1.29, 1.82) is 0 Å². The molecule has 10 heteroatoms. The van der Waals surface area contributed by atoms with Crippen molar-refractivity contribution in [2.45, 2.75) is 309 Å².